The molecule has 122 valence electrons. The van der Waals surface area contributed by atoms with Gasteiger partial charge in [-0.1, -0.05) is 35.3 Å². The smallest absolute Gasteiger partial charge is 0.310 e. The molecule has 1 atom stereocenters. The highest BCUT2D eigenvalue weighted by Crippen LogP contribution is 2.21. The van der Waals surface area contributed by atoms with Crippen molar-refractivity contribution in [3.8, 4) is 0 Å². The van der Waals surface area contributed by atoms with Crippen LogP contribution in [0.3, 0.4) is 0 Å². The molecule has 0 fully saturated rings. The van der Waals surface area contributed by atoms with Crippen LogP contribution in [0.4, 0.5) is 0 Å². The molecule has 1 N–H and O–H groups in total. The molecule has 0 saturated carbocycles. The van der Waals surface area contributed by atoms with E-state index in [9.17, 15) is 9.59 Å². The van der Waals surface area contributed by atoms with E-state index in [4.69, 9.17) is 27.9 Å². The first kappa shape index (κ1) is 17.8. The Morgan fingerprint density at radius 2 is 2.09 bits per heavy atom. The molecule has 0 radical (unpaired) electrons. The lowest BCUT2D eigenvalue weighted by Gasteiger charge is -2.12. The Kier molecular flexibility index (Phi) is 6.45. The van der Waals surface area contributed by atoms with Crippen molar-refractivity contribution in [3.63, 3.8) is 0 Å². The van der Waals surface area contributed by atoms with Gasteiger partial charge in [0.1, 0.15) is 0 Å². The molecular formula is C16H15Cl2NO3S. The molecule has 1 aromatic heterocycles. The van der Waals surface area contributed by atoms with Crippen molar-refractivity contribution in [1.82, 2.24) is 5.32 Å². The fourth-order valence-corrected chi connectivity index (χ4v) is 3.12. The standard InChI is InChI=1S/C16H15Cl2NO3S/c1-10(14-3-2-6-23-14)19-15(20)9-22-16(21)7-11-4-5-12(17)8-13(11)18/h2-6,8,10H,7,9H2,1H3,(H,19,20)/t10-/m0/s1. The maximum absolute atomic E-state index is 11.8. The molecule has 2 rings (SSSR count). The molecule has 2 aromatic rings. The predicted octanol–water partition coefficient (Wildman–Crippen LogP) is 4.02. The number of nitrogens with one attached hydrogen (secondary N) is 1. The lowest BCUT2D eigenvalue weighted by Crippen LogP contribution is -2.31. The molecule has 23 heavy (non-hydrogen) atoms. The normalized spacial score (nSPS) is 11.8. The minimum Gasteiger partial charge on any atom is -0.455 e. The van der Waals surface area contributed by atoms with Crippen LogP contribution in [0.1, 0.15) is 23.4 Å². The second-order valence-electron chi connectivity index (χ2n) is 4.88. The van der Waals surface area contributed by atoms with Crippen molar-refractivity contribution in [1.29, 1.82) is 0 Å². The molecule has 1 heterocycles. The summed E-state index contributed by atoms with van der Waals surface area (Å²) in [4.78, 5) is 24.6. The van der Waals surface area contributed by atoms with Crippen molar-refractivity contribution in [2.45, 2.75) is 19.4 Å². The van der Waals surface area contributed by atoms with Gasteiger partial charge < -0.3 is 10.1 Å². The average molecular weight is 372 g/mol. The summed E-state index contributed by atoms with van der Waals surface area (Å²) in [5, 5.41) is 5.60. The second-order valence-corrected chi connectivity index (χ2v) is 6.70. The Morgan fingerprint density at radius 3 is 2.74 bits per heavy atom. The van der Waals surface area contributed by atoms with Crippen LogP contribution in [0.25, 0.3) is 0 Å². The molecule has 0 aliphatic carbocycles. The van der Waals surface area contributed by atoms with Crippen LogP contribution in [-0.4, -0.2) is 18.5 Å². The number of amides is 1. The number of hydrogen-bond donors (Lipinski definition) is 1. The van der Waals surface area contributed by atoms with Gasteiger partial charge in [0.25, 0.3) is 5.91 Å². The average Bonchev–Trinajstić information content (AvgIpc) is 3.02. The van der Waals surface area contributed by atoms with Crippen LogP contribution in [0.2, 0.25) is 10.0 Å². The van der Waals surface area contributed by atoms with Gasteiger partial charge in [-0.2, -0.15) is 0 Å². The van der Waals surface area contributed by atoms with E-state index in [0.717, 1.165) is 4.88 Å². The van der Waals surface area contributed by atoms with Gasteiger partial charge >= 0.3 is 5.97 Å². The van der Waals surface area contributed by atoms with Crippen molar-refractivity contribution in [2.24, 2.45) is 0 Å². The molecule has 1 amide bonds. The van der Waals surface area contributed by atoms with E-state index in [1.807, 2.05) is 24.4 Å². The number of hydrogen-bond acceptors (Lipinski definition) is 4. The van der Waals surface area contributed by atoms with Gasteiger partial charge in [0.15, 0.2) is 6.61 Å². The van der Waals surface area contributed by atoms with E-state index >= 15 is 0 Å². The Morgan fingerprint density at radius 1 is 1.30 bits per heavy atom. The SMILES string of the molecule is C[C@H](NC(=O)COC(=O)Cc1ccc(Cl)cc1Cl)c1cccs1. The van der Waals surface area contributed by atoms with Crippen LogP contribution in [0.5, 0.6) is 0 Å². The lowest BCUT2D eigenvalue weighted by molar-refractivity contribution is -0.148. The molecular weight excluding hydrogens is 357 g/mol. The first-order valence-corrected chi connectivity index (χ1v) is 8.51. The van der Waals surface area contributed by atoms with E-state index in [2.05, 4.69) is 5.32 Å². The van der Waals surface area contributed by atoms with E-state index in [1.165, 1.54) is 0 Å². The summed E-state index contributed by atoms with van der Waals surface area (Å²) in [5.41, 5.74) is 0.605. The summed E-state index contributed by atoms with van der Waals surface area (Å²) in [5.74, 6) is -0.866. The lowest BCUT2D eigenvalue weighted by atomic mass is 10.1. The molecule has 4 nitrogen and oxygen atoms in total. The Labute approximate surface area is 148 Å². The summed E-state index contributed by atoms with van der Waals surface area (Å²) in [6, 6.07) is 8.59. The van der Waals surface area contributed by atoms with Crippen LogP contribution >= 0.6 is 34.5 Å². The van der Waals surface area contributed by atoms with Gasteiger partial charge in [-0.05, 0) is 36.1 Å². The number of halogens is 2. The number of benzene rings is 1. The van der Waals surface area contributed by atoms with E-state index in [1.54, 1.807) is 29.5 Å². The van der Waals surface area contributed by atoms with Crippen molar-refractivity contribution in [3.05, 3.63) is 56.2 Å². The molecule has 0 unspecified atom stereocenters. The zero-order chi connectivity index (χ0) is 16.8. The number of carbonyl (C=O) groups excluding carboxylic acids is 2. The summed E-state index contributed by atoms with van der Waals surface area (Å²) in [7, 11) is 0. The maximum Gasteiger partial charge on any atom is 0.310 e. The number of ether oxygens (including phenoxy) is 1. The second kappa shape index (κ2) is 8.34. The highest BCUT2D eigenvalue weighted by Gasteiger charge is 2.14. The first-order chi connectivity index (χ1) is 11.0. The molecule has 0 saturated heterocycles. The largest absolute Gasteiger partial charge is 0.455 e. The zero-order valence-electron chi connectivity index (χ0n) is 12.3. The van der Waals surface area contributed by atoms with Gasteiger partial charge in [-0.25, -0.2) is 0 Å². The molecule has 7 heteroatoms. The molecule has 0 aliphatic rings. The Hall–Kier alpha value is -1.56. The third kappa shape index (κ3) is 5.53. The summed E-state index contributed by atoms with van der Waals surface area (Å²) < 4.78 is 4.97. The molecule has 0 aliphatic heterocycles. The maximum atomic E-state index is 11.8. The number of rotatable bonds is 6. The van der Waals surface area contributed by atoms with E-state index in [-0.39, 0.29) is 25.0 Å². The molecule has 0 bridgehead atoms. The molecule has 0 spiro atoms. The highest BCUT2D eigenvalue weighted by molar-refractivity contribution is 7.10. The number of esters is 1. The highest BCUT2D eigenvalue weighted by atomic mass is 35.5. The summed E-state index contributed by atoms with van der Waals surface area (Å²) >= 11 is 13.3. The molecule has 1 aromatic carbocycles. The third-order valence-corrected chi connectivity index (χ3v) is 4.70. The van der Waals surface area contributed by atoms with Gasteiger partial charge in [0, 0.05) is 14.9 Å². The summed E-state index contributed by atoms with van der Waals surface area (Å²) in [6.07, 6.45) is -0.0102. The minimum atomic E-state index is -0.520. The quantitative estimate of drug-likeness (QED) is 0.780. The zero-order valence-corrected chi connectivity index (χ0v) is 14.7. The van der Waals surface area contributed by atoms with Crippen molar-refractivity contribution in [2.75, 3.05) is 6.61 Å². The van der Waals surface area contributed by atoms with Crippen molar-refractivity contribution >= 4 is 46.4 Å². The van der Waals surface area contributed by atoms with Crippen LogP contribution in [-0.2, 0) is 20.7 Å². The summed E-state index contributed by atoms with van der Waals surface area (Å²) in [6.45, 7) is 1.55. The third-order valence-electron chi connectivity index (χ3n) is 3.06. The predicted molar refractivity (Wildman–Crippen MR) is 92.0 cm³/mol. The first-order valence-electron chi connectivity index (χ1n) is 6.88. The monoisotopic (exact) mass is 371 g/mol. The van der Waals surface area contributed by atoms with E-state index in [0.29, 0.717) is 15.6 Å². The Bertz CT molecular complexity index is 689. The van der Waals surface area contributed by atoms with Gasteiger partial charge in [-0.15, -0.1) is 11.3 Å². The fourth-order valence-electron chi connectivity index (χ4n) is 1.91. The Balaban J connectivity index is 1.78. The van der Waals surface area contributed by atoms with Gasteiger partial charge in [-0.3, -0.25) is 9.59 Å². The number of thiophene rings is 1. The minimum absolute atomic E-state index is 0.0102. The number of carbonyl (C=O) groups is 2. The fraction of sp³-hybridized carbons (Fsp3) is 0.250. The van der Waals surface area contributed by atoms with Crippen LogP contribution < -0.4 is 5.32 Å². The van der Waals surface area contributed by atoms with Gasteiger partial charge in [0.2, 0.25) is 0 Å². The van der Waals surface area contributed by atoms with Crippen LogP contribution in [0.15, 0.2) is 35.7 Å². The van der Waals surface area contributed by atoms with Crippen LogP contribution in [0, 0.1) is 0 Å². The van der Waals surface area contributed by atoms with Gasteiger partial charge in [0.05, 0.1) is 12.5 Å². The topological polar surface area (TPSA) is 55.4 Å². The van der Waals surface area contributed by atoms with E-state index < -0.39 is 5.97 Å². The van der Waals surface area contributed by atoms with Crippen molar-refractivity contribution < 1.29 is 14.3 Å².